The zero-order valence-electron chi connectivity index (χ0n) is 17.2. The number of aliphatic imine (C=N–C) groups is 1. The van der Waals surface area contributed by atoms with Crippen molar-refractivity contribution in [3.8, 4) is 0 Å². The molecule has 28 heavy (non-hydrogen) atoms. The van der Waals surface area contributed by atoms with Gasteiger partial charge in [-0.05, 0) is 44.0 Å². The van der Waals surface area contributed by atoms with Crippen LogP contribution >= 0.6 is 0 Å². The predicted octanol–water partition coefficient (Wildman–Crippen LogP) is 2.19. The number of benzene rings is 1. The maximum Gasteiger partial charge on any atom is 0.191 e. The van der Waals surface area contributed by atoms with E-state index in [1.807, 2.05) is 0 Å². The summed E-state index contributed by atoms with van der Waals surface area (Å²) in [5, 5.41) is 14.8. The first-order valence-electron chi connectivity index (χ1n) is 10.5. The first-order chi connectivity index (χ1) is 13.8. The van der Waals surface area contributed by atoms with Gasteiger partial charge in [-0.1, -0.05) is 31.2 Å². The number of likely N-dealkylation sites (tertiary alicyclic amines) is 1. The van der Waals surface area contributed by atoms with Crippen molar-refractivity contribution in [1.29, 1.82) is 0 Å². The molecule has 1 aliphatic heterocycles. The van der Waals surface area contributed by atoms with E-state index in [0.717, 1.165) is 44.4 Å². The monoisotopic (exact) mass is 383 g/mol. The highest BCUT2D eigenvalue weighted by atomic mass is 15.3. The molecule has 3 rings (SSSR count). The van der Waals surface area contributed by atoms with E-state index in [9.17, 15) is 0 Å². The van der Waals surface area contributed by atoms with Gasteiger partial charge >= 0.3 is 0 Å². The number of guanidine groups is 1. The molecule has 2 heterocycles. The number of hydrogen-bond donors (Lipinski definition) is 2. The lowest BCUT2D eigenvalue weighted by molar-refractivity contribution is 0.331. The van der Waals surface area contributed by atoms with Crippen LogP contribution in [0.4, 0.5) is 0 Å². The van der Waals surface area contributed by atoms with Gasteiger partial charge in [0.2, 0.25) is 0 Å². The third kappa shape index (κ3) is 6.05. The predicted molar refractivity (Wildman–Crippen MR) is 113 cm³/mol. The smallest absolute Gasteiger partial charge is 0.191 e. The van der Waals surface area contributed by atoms with Crippen LogP contribution in [-0.2, 0) is 26.1 Å². The molecule has 0 bridgehead atoms. The molecule has 7 heteroatoms. The zero-order valence-corrected chi connectivity index (χ0v) is 17.2. The van der Waals surface area contributed by atoms with E-state index in [4.69, 9.17) is 4.99 Å². The molecule has 0 amide bonds. The van der Waals surface area contributed by atoms with Crippen LogP contribution in [0.15, 0.2) is 35.6 Å². The minimum Gasteiger partial charge on any atom is -0.357 e. The van der Waals surface area contributed by atoms with Crippen LogP contribution in [0.1, 0.15) is 43.6 Å². The molecule has 0 spiro atoms. The summed E-state index contributed by atoms with van der Waals surface area (Å²) in [6.07, 6.45) is 5.35. The molecule has 1 saturated heterocycles. The highest BCUT2D eigenvalue weighted by Crippen LogP contribution is 2.13. The molecular formula is C21H33N7. The van der Waals surface area contributed by atoms with Crippen molar-refractivity contribution in [2.45, 2.75) is 52.7 Å². The second-order valence-electron chi connectivity index (χ2n) is 7.22. The average molecular weight is 384 g/mol. The Morgan fingerprint density at radius 2 is 1.82 bits per heavy atom. The Morgan fingerprint density at radius 3 is 2.54 bits per heavy atom. The Morgan fingerprint density at radius 1 is 1.07 bits per heavy atom. The van der Waals surface area contributed by atoms with Crippen LogP contribution in [-0.4, -0.2) is 51.8 Å². The molecule has 7 nitrogen and oxygen atoms in total. The lowest BCUT2D eigenvalue weighted by Crippen LogP contribution is -2.38. The van der Waals surface area contributed by atoms with Crippen molar-refractivity contribution < 1.29 is 0 Å². The number of aryl methyl sites for hydroxylation is 1. The van der Waals surface area contributed by atoms with Crippen molar-refractivity contribution in [2.24, 2.45) is 4.99 Å². The average Bonchev–Trinajstić information content (AvgIpc) is 3.39. The van der Waals surface area contributed by atoms with Gasteiger partial charge in [0.1, 0.15) is 12.2 Å². The minimum absolute atomic E-state index is 0.673. The van der Waals surface area contributed by atoms with Gasteiger partial charge in [0.05, 0.1) is 6.54 Å². The second kappa shape index (κ2) is 10.8. The van der Waals surface area contributed by atoms with Gasteiger partial charge in [0.15, 0.2) is 5.96 Å². The zero-order chi connectivity index (χ0) is 19.6. The Balaban J connectivity index is 1.48. The summed E-state index contributed by atoms with van der Waals surface area (Å²) in [6, 6.07) is 8.87. The van der Waals surface area contributed by atoms with Gasteiger partial charge < -0.3 is 15.2 Å². The van der Waals surface area contributed by atoms with Crippen LogP contribution in [0.25, 0.3) is 0 Å². The molecule has 1 aromatic heterocycles. The Kier molecular flexibility index (Phi) is 7.84. The van der Waals surface area contributed by atoms with Crippen LogP contribution in [0.2, 0.25) is 0 Å². The SMILES string of the molecule is CCNC(=NCc1ccc(CN2CCCC2)cc1)NCCn1cnnc1CC. The van der Waals surface area contributed by atoms with Gasteiger partial charge in [0, 0.05) is 32.6 Å². The molecule has 0 radical (unpaired) electrons. The van der Waals surface area contributed by atoms with Crippen molar-refractivity contribution >= 4 is 5.96 Å². The summed E-state index contributed by atoms with van der Waals surface area (Å²) in [5.41, 5.74) is 2.62. The number of aromatic nitrogens is 3. The van der Waals surface area contributed by atoms with Crippen LogP contribution < -0.4 is 10.6 Å². The molecule has 0 aliphatic carbocycles. The molecular weight excluding hydrogens is 350 g/mol. The summed E-state index contributed by atoms with van der Waals surface area (Å²) in [5.74, 6) is 1.85. The first kappa shape index (κ1) is 20.3. The highest BCUT2D eigenvalue weighted by Gasteiger charge is 2.11. The Labute approximate surface area is 168 Å². The Hall–Kier alpha value is -2.41. The lowest BCUT2D eigenvalue weighted by atomic mass is 10.1. The topological polar surface area (TPSA) is 70.4 Å². The number of nitrogens with zero attached hydrogens (tertiary/aromatic N) is 5. The van der Waals surface area contributed by atoms with Crippen LogP contribution in [0, 0.1) is 0 Å². The van der Waals surface area contributed by atoms with Gasteiger partial charge in [-0.25, -0.2) is 4.99 Å². The van der Waals surface area contributed by atoms with E-state index in [2.05, 4.69) is 68.4 Å². The van der Waals surface area contributed by atoms with E-state index >= 15 is 0 Å². The minimum atomic E-state index is 0.673. The molecule has 1 fully saturated rings. The van der Waals surface area contributed by atoms with Crippen LogP contribution in [0.5, 0.6) is 0 Å². The number of nitrogens with one attached hydrogen (secondary N) is 2. The molecule has 2 N–H and O–H groups in total. The third-order valence-corrected chi connectivity index (χ3v) is 5.05. The van der Waals surface area contributed by atoms with E-state index in [0.29, 0.717) is 6.54 Å². The molecule has 1 aliphatic rings. The maximum absolute atomic E-state index is 4.72. The van der Waals surface area contributed by atoms with Gasteiger partial charge in [-0.15, -0.1) is 10.2 Å². The van der Waals surface area contributed by atoms with Crippen molar-refractivity contribution in [1.82, 2.24) is 30.3 Å². The molecule has 0 saturated carbocycles. The number of rotatable bonds is 9. The fourth-order valence-electron chi connectivity index (χ4n) is 3.50. The van der Waals surface area contributed by atoms with E-state index < -0.39 is 0 Å². The van der Waals surface area contributed by atoms with Crippen LogP contribution in [0.3, 0.4) is 0 Å². The van der Waals surface area contributed by atoms with Gasteiger partial charge in [-0.2, -0.15) is 0 Å². The van der Waals surface area contributed by atoms with E-state index in [-0.39, 0.29) is 0 Å². The summed E-state index contributed by atoms with van der Waals surface area (Å²) < 4.78 is 2.08. The first-order valence-corrected chi connectivity index (χ1v) is 10.5. The van der Waals surface area contributed by atoms with E-state index in [1.165, 1.54) is 37.1 Å². The standard InChI is InChI=1S/C21H33N7/c1-3-20-26-25-17-28(20)14-11-23-21(22-4-2)24-15-18-7-9-19(10-8-18)16-27-12-5-6-13-27/h7-10,17H,3-6,11-16H2,1-2H3,(H2,22,23,24). The molecule has 1 aromatic carbocycles. The second-order valence-corrected chi connectivity index (χ2v) is 7.22. The number of hydrogen-bond acceptors (Lipinski definition) is 4. The fraction of sp³-hybridized carbons (Fsp3) is 0.571. The molecule has 152 valence electrons. The summed E-state index contributed by atoms with van der Waals surface area (Å²) in [6.45, 7) is 10.8. The summed E-state index contributed by atoms with van der Waals surface area (Å²) >= 11 is 0. The third-order valence-electron chi connectivity index (χ3n) is 5.05. The van der Waals surface area contributed by atoms with E-state index in [1.54, 1.807) is 6.33 Å². The summed E-state index contributed by atoms with van der Waals surface area (Å²) in [7, 11) is 0. The van der Waals surface area contributed by atoms with Crippen molar-refractivity contribution in [2.75, 3.05) is 26.2 Å². The normalized spacial score (nSPS) is 15.1. The maximum atomic E-state index is 4.72. The molecule has 0 unspecified atom stereocenters. The highest BCUT2D eigenvalue weighted by molar-refractivity contribution is 5.79. The quantitative estimate of drug-likeness (QED) is 0.513. The fourth-order valence-corrected chi connectivity index (χ4v) is 3.50. The lowest BCUT2D eigenvalue weighted by Gasteiger charge is -2.14. The Bertz CT molecular complexity index is 729. The largest absolute Gasteiger partial charge is 0.357 e. The van der Waals surface area contributed by atoms with Gasteiger partial charge in [-0.3, -0.25) is 4.90 Å². The van der Waals surface area contributed by atoms with Crippen molar-refractivity contribution in [3.05, 3.63) is 47.5 Å². The van der Waals surface area contributed by atoms with Gasteiger partial charge in [0.25, 0.3) is 0 Å². The molecule has 2 aromatic rings. The molecule has 0 atom stereocenters. The van der Waals surface area contributed by atoms with Crippen molar-refractivity contribution in [3.63, 3.8) is 0 Å². The summed E-state index contributed by atoms with van der Waals surface area (Å²) in [4.78, 5) is 7.25.